The monoisotopic (exact) mass is 365 g/mol. The minimum atomic E-state index is -0.604. The van der Waals surface area contributed by atoms with Crippen molar-refractivity contribution in [2.24, 2.45) is 12.8 Å². The third kappa shape index (κ3) is 2.89. The Morgan fingerprint density at radius 2 is 1.91 bits per heavy atom. The first-order valence-corrected chi connectivity index (χ1v) is 7.55. The zero-order valence-corrected chi connectivity index (χ0v) is 13.4. The molecule has 0 radical (unpaired) electrons. The molecule has 3 rings (SSSR count). The van der Waals surface area contributed by atoms with E-state index in [4.69, 9.17) is 5.73 Å². The highest BCUT2D eigenvalue weighted by molar-refractivity contribution is 9.10. The summed E-state index contributed by atoms with van der Waals surface area (Å²) in [5.74, 6) is -1.21. The van der Waals surface area contributed by atoms with E-state index < -0.39 is 17.7 Å². The molecule has 2 N–H and O–H groups in total. The van der Waals surface area contributed by atoms with Crippen molar-refractivity contribution in [3.8, 4) is 0 Å². The van der Waals surface area contributed by atoms with Crippen LogP contribution in [0, 0.1) is 11.6 Å². The minimum Gasteiger partial charge on any atom is -0.349 e. The molecule has 6 heteroatoms. The normalized spacial score (nSPS) is 12.8. The molecule has 1 aromatic carbocycles. The van der Waals surface area contributed by atoms with E-state index >= 15 is 0 Å². The van der Waals surface area contributed by atoms with Gasteiger partial charge in [0.1, 0.15) is 11.6 Å². The van der Waals surface area contributed by atoms with Crippen molar-refractivity contribution >= 4 is 27.0 Å². The lowest BCUT2D eigenvalue weighted by Gasteiger charge is -2.14. The van der Waals surface area contributed by atoms with Crippen LogP contribution in [0.1, 0.15) is 17.3 Å². The van der Waals surface area contributed by atoms with Gasteiger partial charge < -0.3 is 10.3 Å². The second kappa shape index (κ2) is 5.78. The van der Waals surface area contributed by atoms with Gasteiger partial charge in [-0.05, 0) is 52.2 Å². The SMILES string of the molecule is Cn1ccc2nc(C(N)Cc3cc(F)cc(F)c3)c(Br)cc21. The third-order valence-electron chi connectivity index (χ3n) is 3.58. The number of aryl methyl sites for hydroxylation is 1. The first-order valence-electron chi connectivity index (χ1n) is 6.76. The molecule has 0 fully saturated rings. The van der Waals surface area contributed by atoms with Crippen molar-refractivity contribution in [1.82, 2.24) is 9.55 Å². The average molecular weight is 366 g/mol. The smallest absolute Gasteiger partial charge is 0.126 e. The number of hydrogen-bond acceptors (Lipinski definition) is 2. The zero-order chi connectivity index (χ0) is 15.9. The molecule has 0 saturated heterocycles. The number of rotatable bonds is 3. The van der Waals surface area contributed by atoms with Crippen molar-refractivity contribution in [2.45, 2.75) is 12.5 Å². The van der Waals surface area contributed by atoms with E-state index in [1.165, 1.54) is 12.1 Å². The van der Waals surface area contributed by atoms with Gasteiger partial charge in [-0.3, -0.25) is 0 Å². The Kier molecular flexibility index (Phi) is 3.97. The quantitative estimate of drug-likeness (QED) is 0.765. The molecule has 0 amide bonds. The van der Waals surface area contributed by atoms with E-state index in [1.807, 2.05) is 29.9 Å². The summed E-state index contributed by atoms with van der Waals surface area (Å²) in [5.41, 5.74) is 9.18. The van der Waals surface area contributed by atoms with Crippen molar-refractivity contribution in [1.29, 1.82) is 0 Å². The van der Waals surface area contributed by atoms with Gasteiger partial charge in [-0.25, -0.2) is 13.8 Å². The van der Waals surface area contributed by atoms with Gasteiger partial charge in [-0.1, -0.05) is 0 Å². The standard InChI is InChI=1S/C16H14BrF2N3/c1-22-3-2-14-15(22)8-12(17)16(21-14)13(20)6-9-4-10(18)7-11(19)5-9/h2-5,7-8,13H,6,20H2,1H3. The minimum absolute atomic E-state index is 0.304. The van der Waals surface area contributed by atoms with Crippen LogP contribution in [-0.4, -0.2) is 9.55 Å². The maximum absolute atomic E-state index is 13.3. The van der Waals surface area contributed by atoms with Gasteiger partial charge in [0, 0.05) is 23.8 Å². The molecule has 22 heavy (non-hydrogen) atoms. The molecule has 0 saturated carbocycles. The topological polar surface area (TPSA) is 43.8 Å². The van der Waals surface area contributed by atoms with Crippen molar-refractivity contribution < 1.29 is 8.78 Å². The van der Waals surface area contributed by atoms with Gasteiger partial charge in [-0.15, -0.1) is 0 Å². The number of aromatic nitrogens is 2. The largest absolute Gasteiger partial charge is 0.349 e. The molecule has 0 aliphatic carbocycles. The predicted molar refractivity (Wildman–Crippen MR) is 85.4 cm³/mol. The van der Waals surface area contributed by atoms with Crippen molar-refractivity contribution in [2.75, 3.05) is 0 Å². The van der Waals surface area contributed by atoms with Gasteiger partial charge >= 0.3 is 0 Å². The molecule has 1 atom stereocenters. The molecule has 114 valence electrons. The number of nitrogens with zero attached hydrogens (tertiary/aromatic N) is 2. The molecule has 3 aromatic rings. The van der Waals surface area contributed by atoms with E-state index in [9.17, 15) is 8.78 Å². The Morgan fingerprint density at radius 1 is 1.23 bits per heavy atom. The van der Waals surface area contributed by atoms with Gasteiger partial charge in [0.05, 0.1) is 22.8 Å². The molecule has 2 aromatic heterocycles. The molecule has 0 spiro atoms. The average Bonchev–Trinajstić information content (AvgIpc) is 2.77. The number of pyridine rings is 1. The summed E-state index contributed by atoms with van der Waals surface area (Å²) in [5, 5.41) is 0. The van der Waals surface area contributed by atoms with E-state index in [0.29, 0.717) is 17.7 Å². The van der Waals surface area contributed by atoms with Crippen molar-refractivity contribution in [3.63, 3.8) is 0 Å². The van der Waals surface area contributed by atoms with E-state index in [2.05, 4.69) is 20.9 Å². The summed E-state index contributed by atoms with van der Waals surface area (Å²) >= 11 is 3.48. The predicted octanol–water partition coefficient (Wildman–Crippen LogP) is 3.86. The van der Waals surface area contributed by atoms with Gasteiger partial charge in [0.2, 0.25) is 0 Å². The number of nitrogens with two attached hydrogens (primary N) is 1. The summed E-state index contributed by atoms with van der Waals surface area (Å²) in [4.78, 5) is 4.56. The van der Waals surface area contributed by atoms with Crippen LogP contribution >= 0.6 is 15.9 Å². The summed E-state index contributed by atoms with van der Waals surface area (Å²) in [7, 11) is 1.94. The maximum Gasteiger partial charge on any atom is 0.126 e. The maximum atomic E-state index is 13.3. The van der Waals surface area contributed by atoms with Crippen LogP contribution < -0.4 is 5.73 Å². The molecule has 0 bridgehead atoms. The number of fused-ring (bicyclic) bond motifs is 1. The van der Waals surface area contributed by atoms with E-state index in [1.54, 1.807) is 0 Å². The number of halogens is 3. The lowest BCUT2D eigenvalue weighted by molar-refractivity contribution is 0.575. The third-order valence-corrected chi connectivity index (χ3v) is 4.21. The molecular weight excluding hydrogens is 352 g/mol. The Morgan fingerprint density at radius 3 is 2.59 bits per heavy atom. The summed E-state index contributed by atoms with van der Waals surface area (Å²) < 4.78 is 29.3. The van der Waals surface area contributed by atoms with Gasteiger partial charge in [0.25, 0.3) is 0 Å². The van der Waals surface area contributed by atoms with Crippen LogP contribution in [0.2, 0.25) is 0 Å². The molecular formula is C16H14BrF2N3. The lowest BCUT2D eigenvalue weighted by atomic mass is 10.0. The summed E-state index contributed by atoms with van der Waals surface area (Å²) in [6.07, 6.45) is 2.22. The second-order valence-electron chi connectivity index (χ2n) is 5.27. The van der Waals surface area contributed by atoms with Crippen LogP contribution in [0.4, 0.5) is 8.78 Å². The highest BCUT2D eigenvalue weighted by atomic mass is 79.9. The van der Waals surface area contributed by atoms with Crippen LogP contribution in [-0.2, 0) is 13.5 Å². The first kappa shape index (κ1) is 15.1. The number of benzene rings is 1. The molecule has 0 aliphatic rings. The molecule has 0 aliphatic heterocycles. The molecule has 2 heterocycles. The highest BCUT2D eigenvalue weighted by Crippen LogP contribution is 2.27. The molecule has 3 nitrogen and oxygen atoms in total. The first-order chi connectivity index (χ1) is 10.4. The second-order valence-corrected chi connectivity index (χ2v) is 6.13. The lowest BCUT2D eigenvalue weighted by Crippen LogP contribution is -2.16. The van der Waals surface area contributed by atoms with Gasteiger partial charge in [-0.2, -0.15) is 0 Å². The number of hydrogen-bond donors (Lipinski definition) is 1. The summed E-state index contributed by atoms with van der Waals surface area (Å²) in [6.45, 7) is 0. The fraction of sp³-hybridized carbons (Fsp3) is 0.188. The Hall–Kier alpha value is -1.79. The fourth-order valence-corrected chi connectivity index (χ4v) is 3.12. The molecule has 1 unspecified atom stereocenters. The fourth-order valence-electron chi connectivity index (χ4n) is 2.52. The van der Waals surface area contributed by atoms with Crippen LogP contribution in [0.3, 0.4) is 0 Å². The Labute approximate surface area is 134 Å². The van der Waals surface area contributed by atoms with Crippen molar-refractivity contribution in [3.05, 3.63) is 63.9 Å². The van der Waals surface area contributed by atoms with Gasteiger partial charge in [0.15, 0.2) is 0 Å². The summed E-state index contributed by atoms with van der Waals surface area (Å²) in [6, 6.07) is 6.82. The zero-order valence-electron chi connectivity index (χ0n) is 11.9. The van der Waals surface area contributed by atoms with Crippen LogP contribution in [0.15, 0.2) is 41.0 Å². The van der Waals surface area contributed by atoms with Crippen LogP contribution in [0.25, 0.3) is 11.0 Å². The van der Waals surface area contributed by atoms with E-state index in [-0.39, 0.29) is 0 Å². The Balaban J connectivity index is 1.94. The highest BCUT2D eigenvalue weighted by Gasteiger charge is 2.15. The Bertz CT molecular complexity index is 825. The van der Waals surface area contributed by atoms with E-state index in [0.717, 1.165) is 21.6 Å². The van der Waals surface area contributed by atoms with Crippen LogP contribution in [0.5, 0.6) is 0 Å².